The van der Waals surface area contributed by atoms with Gasteiger partial charge in [0.1, 0.15) is 0 Å². The van der Waals surface area contributed by atoms with E-state index in [2.05, 4.69) is 15.6 Å². The lowest BCUT2D eigenvalue weighted by Crippen LogP contribution is -2.23. The molecule has 0 saturated heterocycles. The van der Waals surface area contributed by atoms with Crippen molar-refractivity contribution in [2.45, 2.75) is 20.4 Å². The summed E-state index contributed by atoms with van der Waals surface area (Å²) in [6.45, 7) is 5.16. The molecule has 1 aromatic carbocycles. The largest absolute Gasteiger partial charge is 0.385 e. The predicted molar refractivity (Wildman–Crippen MR) is 81.5 cm³/mol. The normalized spacial score (nSPS) is 10.3. The molecule has 0 unspecified atom stereocenters. The van der Waals surface area contributed by atoms with E-state index in [9.17, 15) is 9.59 Å². The van der Waals surface area contributed by atoms with Crippen LogP contribution in [0.2, 0.25) is 0 Å². The van der Waals surface area contributed by atoms with Crippen molar-refractivity contribution in [2.24, 2.45) is 0 Å². The molecule has 0 fully saturated rings. The number of carbonyl (C=O) groups excluding carboxylic acids is 1. The van der Waals surface area contributed by atoms with Crippen LogP contribution in [-0.2, 0) is 6.54 Å². The number of anilines is 1. The summed E-state index contributed by atoms with van der Waals surface area (Å²) in [5.74, 6) is -0.150. The number of aromatic amines is 1. The van der Waals surface area contributed by atoms with E-state index in [-0.39, 0.29) is 10.8 Å². The molecule has 1 amide bonds. The molecule has 5 nitrogen and oxygen atoms in total. The van der Waals surface area contributed by atoms with Gasteiger partial charge in [-0.2, -0.15) is 0 Å². The van der Waals surface area contributed by atoms with E-state index >= 15 is 0 Å². The van der Waals surface area contributed by atoms with E-state index in [1.54, 1.807) is 11.4 Å². The summed E-state index contributed by atoms with van der Waals surface area (Å²) in [4.78, 5) is 25.6. The van der Waals surface area contributed by atoms with Gasteiger partial charge in [-0.05, 0) is 37.6 Å². The monoisotopic (exact) mass is 291 g/mol. The molecule has 2 aromatic rings. The molecule has 20 heavy (non-hydrogen) atoms. The zero-order valence-electron chi connectivity index (χ0n) is 11.4. The SMILES string of the molecule is CCNc1ccc(C(=O)NCc2csc(=O)[nH]2)cc1C. The van der Waals surface area contributed by atoms with Crippen molar-refractivity contribution in [3.8, 4) is 0 Å². The second kappa shape index (κ2) is 6.38. The summed E-state index contributed by atoms with van der Waals surface area (Å²) < 4.78 is 0. The van der Waals surface area contributed by atoms with E-state index in [0.29, 0.717) is 17.8 Å². The summed E-state index contributed by atoms with van der Waals surface area (Å²) in [6, 6.07) is 5.54. The molecule has 0 aliphatic rings. The summed E-state index contributed by atoms with van der Waals surface area (Å²) in [7, 11) is 0. The molecule has 6 heteroatoms. The van der Waals surface area contributed by atoms with Crippen LogP contribution < -0.4 is 15.5 Å². The lowest BCUT2D eigenvalue weighted by Gasteiger charge is -2.09. The van der Waals surface area contributed by atoms with Gasteiger partial charge in [-0.25, -0.2) is 0 Å². The lowest BCUT2D eigenvalue weighted by molar-refractivity contribution is 0.0950. The Balaban J connectivity index is 2.02. The van der Waals surface area contributed by atoms with Gasteiger partial charge in [-0.15, -0.1) is 0 Å². The summed E-state index contributed by atoms with van der Waals surface area (Å²) in [5.41, 5.74) is 3.39. The first-order valence-electron chi connectivity index (χ1n) is 6.39. The zero-order chi connectivity index (χ0) is 14.5. The maximum Gasteiger partial charge on any atom is 0.304 e. The topological polar surface area (TPSA) is 74.0 Å². The Morgan fingerprint density at radius 1 is 1.40 bits per heavy atom. The molecule has 0 spiro atoms. The van der Waals surface area contributed by atoms with Crippen LogP contribution in [0.5, 0.6) is 0 Å². The molecule has 0 saturated carbocycles. The number of rotatable bonds is 5. The third kappa shape index (κ3) is 3.48. The third-order valence-electron chi connectivity index (χ3n) is 2.87. The van der Waals surface area contributed by atoms with Gasteiger partial charge in [0.2, 0.25) is 0 Å². The molecule has 0 atom stereocenters. The second-order valence-electron chi connectivity index (χ2n) is 4.42. The maximum atomic E-state index is 12.0. The number of nitrogens with one attached hydrogen (secondary N) is 3. The zero-order valence-corrected chi connectivity index (χ0v) is 12.3. The summed E-state index contributed by atoms with van der Waals surface area (Å²) in [5, 5.41) is 7.73. The van der Waals surface area contributed by atoms with Gasteiger partial charge in [0.15, 0.2) is 0 Å². The number of benzene rings is 1. The Bertz CT molecular complexity index is 660. The third-order valence-corrected chi connectivity index (χ3v) is 3.58. The fourth-order valence-electron chi connectivity index (χ4n) is 1.87. The van der Waals surface area contributed by atoms with Crippen LogP contribution in [0.1, 0.15) is 28.5 Å². The molecular weight excluding hydrogens is 274 g/mol. The quantitative estimate of drug-likeness (QED) is 0.790. The molecular formula is C14H17N3O2S. The minimum absolute atomic E-state index is 0.111. The number of hydrogen-bond acceptors (Lipinski definition) is 4. The van der Waals surface area contributed by atoms with Crippen molar-refractivity contribution in [1.82, 2.24) is 10.3 Å². The van der Waals surface area contributed by atoms with Crippen molar-refractivity contribution >= 4 is 22.9 Å². The predicted octanol–water partition coefficient (Wildman–Crippen LogP) is 2.11. The Morgan fingerprint density at radius 3 is 2.80 bits per heavy atom. The fourth-order valence-corrected chi connectivity index (χ4v) is 2.45. The van der Waals surface area contributed by atoms with Crippen LogP contribution >= 0.6 is 11.3 Å². The molecule has 0 aliphatic carbocycles. The molecule has 1 aromatic heterocycles. The number of aryl methyl sites for hydroxylation is 1. The molecule has 0 bridgehead atoms. The van der Waals surface area contributed by atoms with Crippen molar-refractivity contribution in [3.63, 3.8) is 0 Å². The van der Waals surface area contributed by atoms with E-state index in [4.69, 9.17) is 0 Å². The van der Waals surface area contributed by atoms with Gasteiger partial charge in [0, 0.05) is 28.9 Å². The van der Waals surface area contributed by atoms with Crippen LogP contribution in [0, 0.1) is 6.92 Å². The Hall–Kier alpha value is -2.08. The van der Waals surface area contributed by atoms with Crippen LogP contribution in [-0.4, -0.2) is 17.4 Å². The summed E-state index contributed by atoms with van der Waals surface area (Å²) >= 11 is 1.09. The minimum Gasteiger partial charge on any atom is -0.385 e. The Morgan fingerprint density at radius 2 is 2.20 bits per heavy atom. The maximum absolute atomic E-state index is 12.0. The number of carbonyl (C=O) groups is 1. The molecule has 1 heterocycles. The van der Waals surface area contributed by atoms with Crippen LogP contribution in [0.4, 0.5) is 5.69 Å². The van der Waals surface area contributed by atoms with Crippen LogP contribution in [0.15, 0.2) is 28.4 Å². The summed E-state index contributed by atoms with van der Waals surface area (Å²) in [6.07, 6.45) is 0. The van der Waals surface area contributed by atoms with Crippen molar-refractivity contribution in [1.29, 1.82) is 0 Å². The number of H-pyrrole nitrogens is 1. The lowest BCUT2D eigenvalue weighted by atomic mass is 10.1. The highest BCUT2D eigenvalue weighted by molar-refractivity contribution is 7.07. The first kappa shape index (κ1) is 14.3. The van der Waals surface area contributed by atoms with Crippen molar-refractivity contribution in [2.75, 3.05) is 11.9 Å². The van der Waals surface area contributed by atoms with Gasteiger partial charge < -0.3 is 15.6 Å². The van der Waals surface area contributed by atoms with E-state index in [1.165, 1.54) is 0 Å². The number of aromatic nitrogens is 1. The molecule has 0 aliphatic heterocycles. The first-order chi connectivity index (χ1) is 9.60. The van der Waals surface area contributed by atoms with Crippen LogP contribution in [0.25, 0.3) is 0 Å². The van der Waals surface area contributed by atoms with Gasteiger partial charge in [-0.3, -0.25) is 9.59 Å². The van der Waals surface area contributed by atoms with Gasteiger partial charge in [0.05, 0.1) is 6.54 Å². The Labute approximate surface area is 121 Å². The van der Waals surface area contributed by atoms with Crippen LogP contribution in [0.3, 0.4) is 0 Å². The van der Waals surface area contributed by atoms with Gasteiger partial charge in [-0.1, -0.05) is 11.3 Å². The average Bonchev–Trinajstić information content (AvgIpc) is 2.84. The standard InChI is InChI=1S/C14H17N3O2S/c1-3-15-12-5-4-10(6-9(12)2)13(18)16-7-11-8-20-14(19)17-11/h4-6,8,15H,3,7H2,1-2H3,(H,16,18)(H,17,19). The molecule has 106 valence electrons. The number of thiazole rings is 1. The smallest absolute Gasteiger partial charge is 0.304 e. The van der Waals surface area contributed by atoms with E-state index < -0.39 is 0 Å². The highest BCUT2D eigenvalue weighted by atomic mass is 32.1. The number of amides is 1. The molecule has 0 radical (unpaired) electrons. The highest BCUT2D eigenvalue weighted by Gasteiger charge is 2.08. The van der Waals surface area contributed by atoms with E-state index in [0.717, 1.165) is 29.1 Å². The first-order valence-corrected chi connectivity index (χ1v) is 7.27. The van der Waals surface area contributed by atoms with Crippen molar-refractivity contribution < 1.29 is 4.79 Å². The number of hydrogen-bond donors (Lipinski definition) is 3. The van der Waals surface area contributed by atoms with Crippen molar-refractivity contribution in [3.05, 3.63) is 50.1 Å². The molecule has 3 N–H and O–H groups in total. The van der Waals surface area contributed by atoms with Gasteiger partial charge >= 0.3 is 4.87 Å². The Kier molecular flexibility index (Phi) is 4.57. The second-order valence-corrected chi connectivity index (χ2v) is 5.26. The molecule has 2 rings (SSSR count). The average molecular weight is 291 g/mol. The van der Waals surface area contributed by atoms with Gasteiger partial charge in [0.25, 0.3) is 5.91 Å². The fraction of sp³-hybridized carbons (Fsp3) is 0.286. The highest BCUT2D eigenvalue weighted by Crippen LogP contribution is 2.16. The van der Waals surface area contributed by atoms with E-state index in [1.807, 2.05) is 26.0 Å². The minimum atomic E-state index is -0.150.